The van der Waals surface area contributed by atoms with Crippen LogP contribution in [0.15, 0.2) is 36.5 Å². The van der Waals surface area contributed by atoms with Gasteiger partial charge in [0.25, 0.3) is 0 Å². The van der Waals surface area contributed by atoms with Gasteiger partial charge in [-0.05, 0) is 37.1 Å². The first kappa shape index (κ1) is 15.7. The molecule has 7 heteroatoms. The van der Waals surface area contributed by atoms with Crippen molar-refractivity contribution in [3.05, 3.63) is 53.7 Å². The van der Waals surface area contributed by atoms with Crippen molar-refractivity contribution in [2.75, 3.05) is 12.3 Å². The van der Waals surface area contributed by atoms with Crippen molar-refractivity contribution in [1.29, 1.82) is 0 Å². The first-order valence-corrected chi connectivity index (χ1v) is 6.92. The van der Waals surface area contributed by atoms with Gasteiger partial charge in [-0.2, -0.15) is 0 Å². The molecular formula is C15H18FN5O. The Morgan fingerprint density at radius 2 is 2.05 bits per heavy atom. The molecule has 0 spiro atoms. The number of carbonyl (C=O) groups excluding carboxylic acids is 1. The van der Waals surface area contributed by atoms with E-state index in [4.69, 9.17) is 5.73 Å². The number of amides is 2. The zero-order valence-electron chi connectivity index (χ0n) is 12.2. The minimum atomic E-state index is -0.352. The van der Waals surface area contributed by atoms with Gasteiger partial charge in [0.05, 0.1) is 6.04 Å². The van der Waals surface area contributed by atoms with E-state index in [0.29, 0.717) is 24.6 Å². The number of benzene rings is 1. The molecule has 22 heavy (non-hydrogen) atoms. The van der Waals surface area contributed by atoms with Gasteiger partial charge in [-0.3, -0.25) is 0 Å². The standard InChI is InChI=1S/C15H18FN5O/c1-10(14-18-9-7-13(17)21-14)20-15(22)19-8-6-11-2-4-12(16)5-3-11/h2-5,7,9-10H,6,8H2,1H3,(H2,17,18,21)(H2,19,20,22)/t10-/m1/s1. The molecule has 0 saturated carbocycles. The molecule has 0 aliphatic carbocycles. The van der Waals surface area contributed by atoms with Crippen molar-refractivity contribution >= 4 is 11.8 Å². The van der Waals surface area contributed by atoms with Crippen LogP contribution in [0.3, 0.4) is 0 Å². The van der Waals surface area contributed by atoms with Crippen LogP contribution in [0.1, 0.15) is 24.4 Å². The first-order valence-electron chi connectivity index (χ1n) is 6.92. The summed E-state index contributed by atoms with van der Waals surface area (Å²) in [6.45, 7) is 2.22. The highest BCUT2D eigenvalue weighted by Crippen LogP contribution is 2.07. The van der Waals surface area contributed by atoms with Gasteiger partial charge in [0, 0.05) is 12.7 Å². The third-order valence-corrected chi connectivity index (χ3v) is 3.04. The molecule has 0 saturated heterocycles. The van der Waals surface area contributed by atoms with Crippen LogP contribution in [0, 0.1) is 5.82 Å². The highest BCUT2D eigenvalue weighted by Gasteiger charge is 2.11. The fourth-order valence-electron chi connectivity index (χ4n) is 1.88. The molecule has 0 aliphatic heterocycles. The summed E-state index contributed by atoms with van der Waals surface area (Å²) >= 11 is 0. The van der Waals surface area contributed by atoms with Crippen LogP contribution in [0.4, 0.5) is 15.0 Å². The number of nitrogens with zero attached hydrogens (tertiary/aromatic N) is 2. The quantitative estimate of drug-likeness (QED) is 0.785. The van der Waals surface area contributed by atoms with Gasteiger partial charge in [-0.15, -0.1) is 0 Å². The van der Waals surface area contributed by atoms with Gasteiger partial charge >= 0.3 is 6.03 Å². The second kappa shape index (κ2) is 7.35. The molecule has 0 fully saturated rings. The van der Waals surface area contributed by atoms with Crippen LogP contribution in [0.2, 0.25) is 0 Å². The van der Waals surface area contributed by atoms with Crippen molar-refractivity contribution in [1.82, 2.24) is 20.6 Å². The van der Waals surface area contributed by atoms with Gasteiger partial charge < -0.3 is 16.4 Å². The van der Waals surface area contributed by atoms with Crippen LogP contribution >= 0.6 is 0 Å². The molecule has 1 aromatic carbocycles. The number of carbonyl (C=O) groups is 1. The van der Waals surface area contributed by atoms with E-state index in [2.05, 4.69) is 20.6 Å². The minimum absolute atomic E-state index is 0.273. The summed E-state index contributed by atoms with van der Waals surface area (Å²) < 4.78 is 12.8. The molecule has 0 aliphatic rings. The maximum atomic E-state index is 12.8. The van der Waals surface area contributed by atoms with E-state index >= 15 is 0 Å². The van der Waals surface area contributed by atoms with E-state index in [1.54, 1.807) is 31.3 Å². The SMILES string of the molecule is C[C@@H](NC(=O)NCCc1ccc(F)cc1)c1nccc(N)n1. The number of nitrogen functional groups attached to an aromatic ring is 1. The average Bonchev–Trinajstić information content (AvgIpc) is 2.49. The van der Waals surface area contributed by atoms with Gasteiger partial charge in [0.2, 0.25) is 0 Å². The monoisotopic (exact) mass is 303 g/mol. The lowest BCUT2D eigenvalue weighted by Crippen LogP contribution is -2.38. The van der Waals surface area contributed by atoms with Crippen molar-refractivity contribution in [3.63, 3.8) is 0 Å². The minimum Gasteiger partial charge on any atom is -0.384 e. The number of anilines is 1. The third-order valence-electron chi connectivity index (χ3n) is 3.04. The molecule has 2 amide bonds. The molecule has 6 nitrogen and oxygen atoms in total. The summed E-state index contributed by atoms with van der Waals surface area (Å²) in [6.07, 6.45) is 2.17. The summed E-state index contributed by atoms with van der Waals surface area (Å²) in [4.78, 5) is 19.9. The van der Waals surface area contributed by atoms with Crippen LogP contribution in [0.5, 0.6) is 0 Å². The second-order valence-electron chi connectivity index (χ2n) is 4.84. The Kier molecular flexibility index (Phi) is 5.24. The summed E-state index contributed by atoms with van der Waals surface area (Å²) in [7, 11) is 0. The van der Waals surface area contributed by atoms with Crippen LogP contribution in [-0.2, 0) is 6.42 Å². The number of nitrogens with two attached hydrogens (primary N) is 1. The molecule has 0 bridgehead atoms. The Morgan fingerprint density at radius 1 is 1.32 bits per heavy atom. The predicted molar refractivity (Wildman–Crippen MR) is 81.5 cm³/mol. The lowest BCUT2D eigenvalue weighted by Gasteiger charge is -2.13. The Bertz CT molecular complexity index is 632. The Morgan fingerprint density at radius 3 is 2.73 bits per heavy atom. The second-order valence-corrected chi connectivity index (χ2v) is 4.84. The van der Waals surface area contributed by atoms with Crippen molar-refractivity contribution in [2.45, 2.75) is 19.4 Å². The lowest BCUT2D eigenvalue weighted by molar-refractivity contribution is 0.237. The predicted octanol–water partition coefficient (Wildman–Crippen LogP) is 1.80. The molecule has 1 aromatic heterocycles. The summed E-state index contributed by atoms with van der Waals surface area (Å²) in [6, 6.07) is 7.09. The smallest absolute Gasteiger partial charge is 0.315 e. The molecule has 2 aromatic rings. The van der Waals surface area contributed by atoms with E-state index in [1.165, 1.54) is 12.1 Å². The van der Waals surface area contributed by atoms with Crippen LogP contribution in [0.25, 0.3) is 0 Å². The topological polar surface area (TPSA) is 92.9 Å². The van der Waals surface area contributed by atoms with Crippen LogP contribution < -0.4 is 16.4 Å². The number of hydrogen-bond acceptors (Lipinski definition) is 4. The summed E-state index contributed by atoms with van der Waals surface area (Å²) in [5.41, 5.74) is 6.53. The van der Waals surface area contributed by atoms with E-state index in [-0.39, 0.29) is 17.9 Å². The number of halogens is 1. The number of urea groups is 1. The van der Waals surface area contributed by atoms with Gasteiger partial charge in [0.1, 0.15) is 11.6 Å². The fourth-order valence-corrected chi connectivity index (χ4v) is 1.88. The normalized spacial score (nSPS) is 11.7. The molecule has 4 N–H and O–H groups in total. The van der Waals surface area contributed by atoms with E-state index in [9.17, 15) is 9.18 Å². The van der Waals surface area contributed by atoms with Gasteiger partial charge in [0.15, 0.2) is 5.82 Å². The van der Waals surface area contributed by atoms with E-state index in [1.807, 2.05) is 0 Å². The molecule has 0 unspecified atom stereocenters. The maximum absolute atomic E-state index is 12.8. The highest BCUT2D eigenvalue weighted by atomic mass is 19.1. The zero-order valence-corrected chi connectivity index (χ0v) is 12.2. The fraction of sp³-hybridized carbons (Fsp3) is 0.267. The van der Waals surface area contributed by atoms with Gasteiger partial charge in [-0.1, -0.05) is 12.1 Å². The highest BCUT2D eigenvalue weighted by molar-refractivity contribution is 5.74. The van der Waals surface area contributed by atoms with Crippen molar-refractivity contribution < 1.29 is 9.18 Å². The number of nitrogens with one attached hydrogen (secondary N) is 2. The van der Waals surface area contributed by atoms with Crippen molar-refractivity contribution in [2.24, 2.45) is 0 Å². The summed E-state index contributed by atoms with van der Waals surface area (Å²) in [5.74, 6) is 0.537. The van der Waals surface area contributed by atoms with Crippen LogP contribution in [-0.4, -0.2) is 22.5 Å². The zero-order chi connectivity index (χ0) is 15.9. The third kappa shape index (κ3) is 4.69. The summed E-state index contributed by atoms with van der Waals surface area (Å²) in [5, 5.41) is 5.46. The first-order chi connectivity index (χ1) is 10.5. The molecule has 0 radical (unpaired) electrons. The number of aromatic nitrogens is 2. The number of rotatable bonds is 5. The molecular weight excluding hydrogens is 285 g/mol. The van der Waals surface area contributed by atoms with E-state index < -0.39 is 0 Å². The van der Waals surface area contributed by atoms with Crippen molar-refractivity contribution in [3.8, 4) is 0 Å². The Balaban J connectivity index is 1.76. The number of hydrogen-bond donors (Lipinski definition) is 3. The molecule has 2 rings (SSSR count). The molecule has 1 heterocycles. The average molecular weight is 303 g/mol. The largest absolute Gasteiger partial charge is 0.384 e. The lowest BCUT2D eigenvalue weighted by atomic mass is 10.1. The molecule has 1 atom stereocenters. The Hall–Kier alpha value is -2.70. The molecule has 116 valence electrons. The van der Waals surface area contributed by atoms with Gasteiger partial charge in [-0.25, -0.2) is 19.2 Å². The Labute approximate surface area is 128 Å². The van der Waals surface area contributed by atoms with E-state index in [0.717, 1.165) is 5.56 Å². The maximum Gasteiger partial charge on any atom is 0.315 e.